The van der Waals surface area contributed by atoms with Crippen LogP contribution in [0.5, 0.6) is 0 Å². The lowest BCUT2D eigenvalue weighted by Gasteiger charge is -2.39. The molecule has 8 heteroatoms. The van der Waals surface area contributed by atoms with E-state index in [4.69, 9.17) is 0 Å². The maximum Gasteiger partial charge on any atom is 0.193 e. The number of rotatable bonds is 4. The number of hydrogen-bond acceptors (Lipinski definition) is 4. The smallest absolute Gasteiger partial charge is 0.193 e. The molecule has 1 aliphatic rings. The fourth-order valence-electron chi connectivity index (χ4n) is 4.12. The second-order valence-electron chi connectivity index (χ2n) is 8.05. The topological polar surface area (TPSA) is 76.2 Å². The molecule has 1 aliphatic heterocycles. The van der Waals surface area contributed by atoms with Gasteiger partial charge in [-0.25, -0.2) is 14.6 Å². The summed E-state index contributed by atoms with van der Waals surface area (Å²) in [4.78, 5) is 15.7. The van der Waals surface area contributed by atoms with Gasteiger partial charge in [-0.1, -0.05) is 13.0 Å². The van der Waals surface area contributed by atoms with Crippen LogP contribution in [0, 0.1) is 19.8 Å². The fraction of sp³-hybridized carbons (Fsp3) is 0.455. The second kappa shape index (κ2) is 8.69. The first-order valence-corrected chi connectivity index (χ1v) is 10.5. The summed E-state index contributed by atoms with van der Waals surface area (Å²) in [5.74, 6) is 2.37. The fourth-order valence-corrected chi connectivity index (χ4v) is 4.12. The Bertz CT molecular complexity index is 987. The number of imidazole rings is 1. The number of aliphatic imine (C=N–C) groups is 1. The van der Waals surface area contributed by atoms with E-state index in [9.17, 15) is 0 Å². The Morgan fingerprint density at radius 2 is 2.17 bits per heavy atom. The Kier molecular flexibility index (Phi) is 5.83. The first-order chi connectivity index (χ1) is 14.5. The highest BCUT2D eigenvalue weighted by Gasteiger charge is 2.28. The number of hydrogen-bond donors (Lipinski definition) is 1. The van der Waals surface area contributed by atoms with Gasteiger partial charge in [-0.2, -0.15) is 5.10 Å². The van der Waals surface area contributed by atoms with Gasteiger partial charge in [-0.05, 0) is 43.9 Å². The van der Waals surface area contributed by atoms with E-state index < -0.39 is 0 Å². The minimum Gasteiger partial charge on any atom is -0.352 e. The predicted molar refractivity (Wildman–Crippen MR) is 118 cm³/mol. The van der Waals surface area contributed by atoms with E-state index in [1.165, 1.54) is 0 Å². The van der Waals surface area contributed by atoms with E-state index in [2.05, 4.69) is 60.1 Å². The predicted octanol–water partition coefficient (Wildman–Crippen LogP) is 2.74. The van der Waals surface area contributed by atoms with E-state index in [-0.39, 0.29) is 0 Å². The van der Waals surface area contributed by atoms with Crippen molar-refractivity contribution in [1.29, 1.82) is 0 Å². The molecule has 0 amide bonds. The van der Waals surface area contributed by atoms with Crippen molar-refractivity contribution in [1.82, 2.24) is 34.5 Å². The molecule has 1 N–H and O–H groups in total. The molecule has 2 atom stereocenters. The minimum absolute atomic E-state index is 0.404. The zero-order chi connectivity index (χ0) is 21.1. The van der Waals surface area contributed by atoms with Crippen LogP contribution in [-0.2, 0) is 6.54 Å². The van der Waals surface area contributed by atoms with Crippen LogP contribution in [0.4, 0.5) is 0 Å². The number of guanidine groups is 1. The monoisotopic (exact) mass is 406 g/mol. The lowest BCUT2D eigenvalue weighted by molar-refractivity contribution is 0.189. The van der Waals surface area contributed by atoms with Crippen molar-refractivity contribution >= 4 is 5.96 Å². The highest BCUT2D eigenvalue weighted by atomic mass is 15.3. The van der Waals surface area contributed by atoms with Gasteiger partial charge in [-0.3, -0.25) is 4.99 Å². The quantitative estimate of drug-likeness (QED) is 0.533. The Balaban J connectivity index is 1.39. The molecule has 4 rings (SSSR count). The molecule has 1 fully saturated rings. The van der Waals surface area contributed by atoms with Crippen molar-refractivity contribution in [2.24, 2.45) is 10.9 Å². The minimum atomic E-state index is 0.404. The van der Waals surface area contributed by atoms with E-state index in [0.29, 0.717) is 18.5 Å². The molecule has 158 valence electrons. The van der Waals surface area contributed by atoms with Crippen molar-refractivity contribution < 1.29 is 0 Å². The third-order valence-corrected chi connectivity index (χ3v) is 5.82. The van der Waals surface area contributed by atoms with Crippen molar-refractivity contribution in [3.05, 3.63) is 60.1 Å². The molecular weight excluding hydrogens is 376 g/mol. The van der Waals surface area contributed by atoms with Crippen LogP contribution in [0.1, 0.15) is 36.3 Å². The van der Waals surface area contributed by atoms with Gasteiger partial charge in [0.05, 0.1) is 18.1 Å². The zero-order valence-corrected chi connectivity index (χ0v) is 18.2. The summed E-state index contributed by atoms with van der Waals surface area (Å²) in [7, 11) is 1.84. The highest BCUT2D eigenvalue weighted by molar-refractivity contribution is 5.80. The van der Waals surface area contributed by atoms with Crippen molar-refractivity contribution in [3.8, 4) is 5.82 Å². The van der Waals surface area contributed by atoms with Gasteiger partial charge in [0.25, 0.3) is 0 Å². The molecule has 0 bridgehead atoms. The average Bonchev–Trinajstić information content (AvgIpc) is 3.39. The maximum absolute atomic E-state index is 4.59. The number of piperidine rings is 1. The highest BCUT2D eigenvalue weighted by Crippen LogP contribution is 2.27. The molecule has 0 aliphatic carbocycles. The van der Waals surface area contributed by atoms with Crippen molar-refractivity contribution in [2.45, 2.75) is 39.8 Å². The van der Waals surface area contributed by atoms with Gasteiger partial charge in [0, 0.05) is 51.0 Å². The lowest BCUT2D eigenvalue weighted by atomic mass is 9.93. The summed E-state index contributed by atoms with van der Waals surface area (Å²) in [6.07, 6.45) is 8.84. The molecule has 2 unspecified atom stereocenters. The standard InChI is InChI=1S/C22H30N8/c1-16-7-9-28(14-20(16)29-10-8-24-15-29)22(23-4)26-13-19-5-6-21(25-12-19)30-18(3)11-17(2)27-30/h5-6,8,10-12,15-16,20H,7,9,13-14H2,1-4H3,(H,23,26). The third-order valence-electron chi connectivity index (χ3n) is 5.82. The molecule has 3 aromatic heterocycles. The zero-order valence-electron chi connectivity index (χ0n) is 18.2. The Morgan fingerprint density at radius 3 is 2.80 bits per heavy atom. The van der Waals surface area contributed by atoms with E-state index >= 15 is 0 Å². The van der Waals surface area contributed by atoms with Crippen molar-refractivity contribution in [2.75, 3.05) is 20.1 Å². The molecule has 4 heterocycles. The van der Waals surface area contributed by atoms with Crippen LogP contribution < -0.4 is 5.32 Å². The molecule has 1 saturated heterocycles. The van der Waals surface area contributed by atoms with E-state index in [1.54, 1.807) is 0 Å². The number of aromatic nitrogens is 5. The van der Waals surface area contributed by atoms with Gasteiger partial charge in [-0.15, -0.1) is 0 Å². The Morgan fingerprint density at radius 1 is 1.30 bits per heavy atom. The summed E-state index contributed by atoms with van der Waals surface area (Å²) < 4.78 is 4.09. The lowest BCUT2D eigenvalue weighted by Crippen LogP contribution is -2.48. The van der Waals surface area contributed by atoms with Crippen LogP contribution in [0.3, 0.4) is 0 Å². The summed E-state index contributed by atoms with van der Waals surface area (Å²) in [6.45, 7) is 8.95. The molecule has 0 saturated carbocycles. The first kappa shape index (κ1) is 20.1. The van der Waals surface area contributed by atoms with E-state index in [1.807, 2.05) is 50.4 Å². The van der Waals surface area contributed by atoms with Gasteiger partial charge in [0.2, 0.25) is 0 Å². The molecule has 0 spiro atoms. The SMILES string of the molecule is CN=C(NCc1ccc(-n2nc(C)cc2C)nc1)N1CCC(C)C(n2ccnc2)C1. The summed E-state index contributed by atoms with van der Waals surface area (Å²) in [6, 6.07) is 6.56. The first-order valence-electron chi connectivity index (χ1n) is 10.5. The number of nitrogens with one attached hydrogen (secondary N) is 1. The molecule has 30 heavy (non-hydrogen) atoms. The van der Waals surface area contributed by atoms with Crippen LogP contribution in [0.15, 0.2) is 48.1 Å². The molecule has 0 radical (unpaired) electrons. The summed E-state index contributed by atoms with van der Waals surface area (Å²) >= 11 is 0. The van der Waals surface area contributed by atoms with Crippen molar-refractivity contribution in [3.63, 3.8) is 0 Å². The molecular formula is C22H30N8. The normalized spacial score (nSPS) is 19.9. The third kappa shape index (κ3) is 4.22. The Labute approximate surface area is 177 Å². The van der Waals surface area contributed by atoms with Crippen LogP contribution >= 0.6 is 0 Å². The average molecular weight is 407 g/mol. The molecule has 0 aromatic carbocycles. The summed E-state index contributed by atoms with van der Waals surface area (Å²) in [5.41, 5.74) is 3.18. The summed E-state index contributed by atoms with van der Waals surface area (Å²) in [5, 5.41) is 8.00. The Hall–Kier alpha value is -3.16. The number of aryl methyl sites for hydroxylation is 2. The number of pyridine rings is 1. The van der Waals surface area contributed by atoms with Gasteiger partial charge >= 0.3 is 0 Å². The van der Waals surface area contributed by atoms with Gasteiger partial charge in [0.15, 0.2) is 11.8 Å². The van der Waals surface area contributed by atoms with Crippen LogP contribution in [-0.4, -0.2) is 55.3 Å². The van der Waals surface area contributed by atoms with Crippen LogP contribution in [0.25, 0.3) is 5.82 Å². The van der Waals surface area contributed by atoms with E-state index in [0.717, 1.165) is 48.2 Å². The van der Waals surface area contributed by atoms with Gasteiger partial charge < -0.3 is 14.8 Å². The number of likely N-dealkylation sites (tertiary alicyclic amines) is 1. The number of nitrogens with zero attached hydrogens (tertiary/aromatic N) is 7. The largest absolute Gasteiger partial charge is 0.352 e. The van der Waals surface area contributed by atoms with Gasteiger partial charge in [0.1, 0.15) is 0 Å². The second-order valence-corrected chi connectivity index (χ2v) is 8.05. The van der Waals surface area contributed by atoms with Crippen LogP contribution in [0.2, 0.25) is 0 Å². The maximum atomic E-state index is 4.59. The molecule has 3 aromatic rings. The molecule has 8 nitrogen and oxygen atoms in total.